The summed E-state index contributed by atoms with van der Waals surface area (Å²) in [6, 6.07) is 11.2. The molecule has 1 amide bonds. The predicted octanol–water partition coefficient (Wildman–Crippen LogP) is 3.47. The highest BCUT2D eigenvalue weighted by atomic mass is 16.5. The van der Waals surface area contributed by atoms with Gasteiger partial charge in [-0.25, -0.2) is 4.79 Å². The van der Waals surface area contributed by atoms with Crippen LogP contribution in [-0.4, -0.2) is 30.4 Å². The smallest absolute Gasteiger partial charge is 0.337 e. The Morgan fingerprint density at radius 1 is 1.08 bits per heavy atom. The highest BCUT2D eigenvalue weighted by Gasteiger charge is 2.32. The number of fused-ring (bicyclic) bond motifs is 1. The Kier molecular flexibility index (Phi) is 4.50. The fraction of sp³-hybridized carbons (Fsp3) is 0.250. The summed E-state index contributed by atoms with van der Waals surface area (Å²) in [7, 11) is 1.31. The number of anilines is 1. The third kappa shape index (κ3) is 3.59. The van der Waals surface area contributed by atoms with Crippen molar-refractivity contribution in [2.24, 2.45) is 0 Å². The second kappa shape index (κ2) is 6.63. The summed E-state index contributed by atoms with van der Waals surface area (Å²) >= 11 is 0. The van der Waals surface area contributed by atoms with E-state index in [-0.39, 0.29) is 18.1 Å². The molecule has 0 aromatic heterocycles. The largest absolute Gasteiger partial charge is 0.487 e. The maximum absolute atomic E-state index is 12.5. The van der Waals surface area contributed by atoms with E-state index in [0.29, 0.717) is 28.1 Å². The molecule has 0 fully saturated rings. The van der Waals surface area contributed by atoms with Crippen LogP contribution in [-0.2, 0) is 4.74 Å². The molecular weight excluding hydrogens is 334 g/mol. The fourth-order valence-corrected chi connectivity index (χ4v) is 2.80. The number of carbonyl (C=O) groups excluding carboxylic acids is 3. The van der Waals surface area contributed by atoms with Gasteiger partial charge >= 0.3 is 5.97 Å². The first-order valence-electron chi connectivity index (χ1n) is 8.15. The molecule has 0 bridgehead atoms. The van der Waals surface area contributed by atoms with Gasteiger partial charge in [-0.1, -0.05) is 0 Å². The zero-order chi connectivity index (χ0) is 18.9. The van der Waals surface area contributed by atoms with Gasteiger partial charge in [0.1, 0.15) is 11.4 Å². The molecular formula is C20H19NO5. The molecule has 1 aliphatic heterocycles. The minimum absolute atomic E-state index is 0.0478. The van der Waals surface area contributed by atoms with E-state index in [9.17, 15) is 14.4 Å². The van der Waals surface area contributed by atoms with Crippen molar-refractivity contribution in [3.05, 3.63) is 59.2 Å². The Labute approximate surface area is 151 Å². The lowest BCUT2D eigenvalue weighted by Gasteiger charge is -2.31. The van der Waals surface area contributed by atoms with Gasteiger partial charge in [0.25, 0.3) is 5.91 Å². The topological polar surface area (TPSA) is 81.7 Å². The molecule has 0 spiro atoms. The van der Waals surface area contributed by atoms with E-state index >= 15 is 0 Å². The summed E-state index contributed by atoms with van der Waals surface area (Å²) in [5.41, 5.74) is 1.15. The number of hydrogen-bond donors (Lipinski definition) is 1. The molecule has 1 heterocycles. The minimum atomic E-state index is -0.546. The Morgan fingerprint density at radius 3 is 2.38 bits per heavy atom. The summed E-state index contributed by atoms with van der Waals surface area (Å²) in [5.74, 6) is -0.353. The fourth-order valence-electron chi connectivity index (χ4n) is 2.80. The van der Waals surface area contributed by atoms with Crippen LogP contribution in [0.15, 0.2) is 42.5 Å². The predicted molar refractivity (Wildman–Crippen MR) is 95.8 cm³/mol. The Hall–Kier alpha value is -3.15. The average molecular weight is 353 g/mol. The lowest BCUT2D eigenvalue weighted by molar-refractivity contribution is 0.0596. The van der Waals surface area contributed by atoms with Crippen molar-refractivity contribution < 1.29 is 23.9 Å². The van der Waals surface area contributed by atoms with Gasteiger partial charge < -0.3 is 14.8 Å². The van der Waals surface area contributed by atoms with Crippen LogP contribution in [0.1, 0.15) is 51.3 Å². The second-order valence-electron chi connectivity index (χ2n) is 6.70. The van der Waals surface area contributed by atoms with Crippen LogP contribution in [0.5, 0.6) is 5.75 Å². The van der Waals surface area contributed by atoms with Gasteiger partial charge in [0, 0.05) is 11.3 Å². The monoisotopic (exact) mass is 353 g/mol. The van der Waals surface area contributed by atoms with Crippen LogP contribution < -0.4 is 10.1 Å². The van der Waals surface area contributed by atoms with E-state index < -0.39 is 11.6 Å². The number of carbonyl (C=O) groups is 3. The Morgan fingerprint density at radius 2 is 1.73 bits per heavy atom. The molecule has 1 N–H and O–H groups in total. The van der Waals surface area contributed by atoms with Gasteiger partial charge in [-0.15, -0.1) is 0 Å². The molecule has 0 radical (unpaired) electrons. The van der Waals surface area contributed by atoms with E-state index in [1.165, 1.54) is 7.11 Å². The summed E-state index contributed by atoms with van der Waals surface area (Å²) in [5, 5.41) is 2.74. The highest BCUT2D eigenvalue weighted by molar-refractivity contribution is 6.08. The first-order chi connectivity index (χ1) is 12.3. The molecule has 26 heavy (non-hydrogen) atoms. The van der Waals surface area contributed by atoms with Crippen LogP contribution in [0.2, 0.25) is 0 Å². The zero-order valence-electron chi connectivity index (χ0n) is 14.8. The maximum Gasteiger partial charge on any atom is 0.337 e. The van der Waals surface area contributed by atoms with Crippen molar-refractivity contribution in [2.45, 2.75) is 25.9 Å². The van der Waals surface area contributed by atoms with Gasteiger partial charge in [-0.05, 0) is 56.3 Å². The third-order valence-corrected chi connectivity index (χ3v) is 4.08. The molecule has 0 atom stereocenters. The van der Waals surface area contributed by atoms with Crippen molar-refractivity contribution in [1.29, 1.82) is 0 Å². The number of hydrogen-bond acceptors (Lipinski definition) is 5. The van der Waals surface area contributed by atoms with Crippen LogP contribution in [0.3, 0.4) is 0 Å². The molecule has 3 rings (SSSR count). The highest BCUT2D eigenvalue weighted by Crippen LogP contribution is 2.33. The van der Waals surface area contributed by atoms with Crippen molar-refractivity contribution in [2.75, 3.05) is 12.4 Å². The van der Waals surface area contributed by atoms with Crippen LogP contribution in [0.25, 0.3) is 0 Å². The van der Waals surface area contributed by atoms with E-state index in [1.807, 2.05) is 13.8 Å². The molecule has 0 saturated heterocycles. The van der Waals surface area contributed by atoms with Crippen molar-refractivity contribution in [3.8, 4) is 5.75 Å². The molecule has 6 nitrogen and oxygen atoms in total. The van der Waals surface area contributed by atoms with Crippen LogP contribution >= 0.6 is 0 Å². The number of Topliss-reactive ketones (excluding diaryl/α,β-unsaturated/α-hetero) is 1. The SMILES string of the molecule is COC(=O)c1ccc(NC(=O)c2ccc3c(c2)C(=O)CC(C)(C)O3)cc1. The van der Waals surface area contributed by atoms with Crippen LogP contribution in [0, 0.1) is 0 Å². The number of methoxy groups -OCH3 is 1. The van der Waals surface area contributed by atoms with Crippen LogP contribution in [0.4, 0.5) is 5.69 Å². The quantitative estimate of drug-likeness (QED) is 0.855. The summed E-state index contributed by atoms with van der Waals surface area (Å²) < 4.78 is 10.4. The number of benzene rings is 2. The van der Waals surface area contributed by atoms with Gasteiger partial charge in [0.05, 0.1) is 24.7 Å². The molecule has 1 aliphatic rings. The molecule has 6 heteroatoms. The number of rotatable bonds is 3. The average Bonchev–Trinajstić information content (AvgIpc) is 2.60. The van der Waals surface area contributed by atoms with E-state index in [2.05, 4.69) is 10.1 Å². The lowest BCUT2D eigenvalue weighted by atomic mass is 9.92. The van der Waals surface area contributed by atoms with Gasteiger partial charge in [-0.3, -0.25) is 9.59 Å². The lowest BCUT2D eigenvalue weighted by Crippen LogP contribution is -2.36. The zero-order valence-corrected chi connectivity index (χ0v) is 14.8. The Bertz CT molecular complexity index is 884. The first kappa shape index (κ1) is 17.7. The van der Waals surface area contributed by atoms with Gasteiger partial charge in [0.15, 0.2) is 5.78 Å². The maximum atomic E-state index is 12.5. The van der Waals surface area contributed by atoms with Crippen molar-refractivity contribution >= 4 is 23.3 Å². The summed E-state index contributed by atoms with van der Waals surface area (Å²) in [6.07, 6.45) is 0.264. The van der Waals surface area contributed by atoms with E-state index in [0.717, 1.165) is 0 Å². The molecule has 2 aromatic rings. The number of amides is 1. The molecule has 134 valence electrons. The first-order valence-corrected chi connectivity index (χ1v) is 8.15. The van der Waals surface area contributed by atoms with Crippen molar-refractivity contribution in [1.82, 2.24) is 0 Å². The summed E-state index contributed by atoms with van der Waals surface area (Å²) in [4.78, 5) is 36.2. The standard InChI is InChI=1S/C20H19NO5/c1-20(2)11-16(22)15-10-13(6-9-17(15)26-20)18(23)21-14-7-4-12(5-8-14)19(24)25-3/h4-10H,11H2,1-3H3,(H,21,23). The molecule has 0 unspecified atom stereocenters. The third-order valence-electron chi connectivity index (χ3n) is 4.08. The normalized spacial score (nSPS) is 14.8. The molecule has 0 saturated carbocycles. The van der Waals surface area contributed by atoms with Crippen molar-refractivity contribution in [3.63, 3.8) is 0 Å². The molecule has 2 aromatic carbocycles. The summed E-state index contributed by atoms with van der Waals surface area (Å²) in [6.45, 7) is 3.71. The minimum Gasteiger partial charge on any atom is -0.487 e. The van der Waals surface area contributed by atoms with E-state index in [4.69, 9.17) is 4.74 Å². The number of ether oxygens (including phenoxy) is 2. The number of ketones is 1. The number of nitrogens with one attached hydrogen (secondary N) is 1. The Balaban J connectivity index is 1.78. The van der Waals surface area contributed by atoms with Gasteiger partial charge in [-0.2, -0.15) is 0 Å². The molecule has 0 aliphatic carbocycles. The van der Waals surface area contributed by atoms with E-state index in [1.54, 1.807) is 42.5 Å². The van der Waals surface area contributed by atoms with Gasteiger partial charge in [0.2, 0.25) is 0 Å². The number of esters is 1. The second-order valence-corrected chi connectivity index (χ2v) is 6.70.